The molecule has 4 N–H and O–H groups in total. The summed E-state index contributed by atoms with van der Waals surface area (Å²) in [7, 11) is 0. The molecule has 0 radical (unpaired) electrons. The number of hydrazine groups is 2. The van der Waals surface area contributed by atoms with E-state index in [1.165, 1.54) is 122 Å². The second kappa shape index (κ2) is 10.2. The predicted octanol–water partition coefficient (Wildman–Crippen LogP) is 4.50. The lowest BCUT2D eigenvalue weighted by Gasteiger charge is -2.53. The van der Waals surface area contributed by atoms with Gasteiger partial charge in [-0.1, -0.05) is 57.8 Å². The monoisotopic (exact) mass is 417 g/mol. The van der Waals surface area contributed by atoms with E-state index in [0.29, 0.717) is 24.2 Å². The molecule has 2 unspecified atom stereocenters. The molecule has 172 valence electrons. The molecule has 2 atom stereocenters. The van der Waals surface area contributed by atoms with Crippen LogP contribution in [0.5, 0.6) is 0 Å². The maximum absolute atomic E-state index is 4.29. The zero-order valence-corrected chi connectivity index (χ0v) is 19.3. The fourth-order valence-electron chi connectivity index (χ4n) is 6.42. The first-order valence-corrected chi connectivity index (χ1v) is 13.7. The Morgan fingerprint density at radius 3 is 1.67 bits per heavy atom. The van der Waals surface area contributed by atoms with Crippen molar-refractivity contribution in [3.8, 4) is 0 Å². The maximum Gasteiger partial charge on any atom is 0.116 e. The Balaban J connectivity index is 1.42. The molecule has 0 aromatic rings. The van der Waals surface area contributed by atoms with Crippen LogP contribution in [0, 0.1) is 0 Å². The molecule has 5 nitrogen and oxygen atoms in total. The summed E-state index contributed by atoms with van der Waals surface area (Å²) < 4.78 is 0. The van der Waals surface area contributed by atoms with Crippen LogP contribution in [0.15, 0.2) is 0 Å². The molecule has 0 bridgehead atoms. The zero-order chi connectivity index (χ0) is 20.2. The van der Waals surface area contributed by atoms with Gasteiger partial charge in [-0.15, -0.1) is 0 Å². The second-order valence-corrected chi connectivity index (χ2v) is 11.2. The smallest absolute Gasteiger partial charge is 0.116 e. The van der Waals surface area contributed by atoms with Crippen molar-refractivity contribution in [1.29, 1.82) is 0 Å². The van der Waals surface area contributed by atoms with E-state index in [1.807, 2.05) is 0 Å². The van der Waals surface area contributed by atoms with Crippen LogP contribution in [-0.2, 0) is 0 Å². The third kappa shape index (κ3) is 5.23. The minimum atomic E-state index is 0.00418. The van der Waals surface area contributed by atoms with E-state index in [4.69, 9.17) is 0 Å². The van der Waals surface area contributed by atoms with Crippen molar-refractivity contribution in [2.24, 2.45) is 0 Å². The van der Waals surface area contributed by atoms with Crippen LogP contribution in [0.4, 0.5) is 0 Å². The highest BCUT2D eigenvalue weighted by Gasteiger charge is 2.49. The largest absolute Gasteiger partial charge is 0.308 e. The van der Waals surface area contributed by atoms with E-state index in [2.05, 4.69) is 26.6 Å². The van der Waals surface area contributed by atoms with Crippen molar-refractivity contribution in [2.75, 3.05) is 0 Å². The predicted molar refractivity (Wildman–Crippen MR) is 124 cm³/mol. The molecule has 5 aliphatic rings. The van der Waals surface area contributed by atoms with Crippen LogP contribution in [0.1, 0.15) is 122 Å². The molecular formula is C25H47N5. The molecule has 0 saturated heterocycles. The Bertz CT molecular complexity index is 522. The Morgan fingerprint density at radius 1 is 0.500 bits per heavy atom. The second-order valence-electron chi connectivity index (χ2n) is 11.2. The van der Waals surface area contributed by atoms with Gasteiger partial charge in [0.1, 0.15) is 5.66 Å². The van der Waals surface area contributed by atoms with Gasteiger partial charge in [-0.3, -0.25) is 5.32 Å². The van der Waals surface area contributed by atoms with Crippen LogP contribution in [0.2, 0.25) is 0 Å². The van der Waals surface area contributed by atoms with Gasteiger partial charge in [0, 0.05) is 30.2 Å². The van der Waals surface area contributed by atoms with E-state index in [-0.39, 0.29) is 5.66 Å². The number of nitrogens with zero attached hydrogens (tertiary/aromatic N) is 1. The first kappa shape index (κ1) is 21.6. The van der Waals surface area contributed by atoms with Crippen LogP contribution in [0.3, 0.4) is 0 Å². The lowest BCUT2D eigenvalue weighted by Crippen LogP contribution is -2.78. The van der Waals surface area contributed by atoms with Gasteiger partial charge in [0.25, 0.3) is 0 Å². The molecule has 5 rings (SSSR count). The molecule has 5 saturated carbocycles. The van der Waals surface area contributed by atoms with Gasteiger partial charge in [0.15, 0.2) is 0 Å². The minimum Gasteiger partial charge on any atom is -0.308 e. The van der Waals surface area contributed by atoms with Gasteiger partial charge in [-0.25, -0.2) is 10.9 Å². The third-order valence-corrected chi connectivity index (χ3v) is 8.68. The fourth-order valence-corrected chi connectivity index (χ4v) is 6.42. The third-order valence-electron chi connectivity index (χ3n) is 8.68. The summed E-state index contributed by atoms with van der Waals surface area (Å²) in [6, 6.07) is 3.29. The van der Waals surface area contributed by atoms with Crippen molar-refractivity contribution in [2.45, 2.75) is 158 Å². The Morgan fingerprint density at radius 2 is 1.07 bits per heavy atom. The first-order valence-electron chi connectivity index (χ1n) is 13.7. The van der Waals surface area contributed by atoms with Gasteiger partial charge < -0.3 is 5.32 Å². The number of rotatable bonds is 9. The van der Waals surface area contributed by atoms with Crippen molar-refractivity contribution in [3.63, 3.8) is 0 Å². The zero-order valence-electron chi connectivity index (χ0n) is 19.3. The molecule has 0 amide bonds. The topological polar surface area (TPSA) is 51.4 Å². The van der Waals surface area contributed by atoms with Crippen molar-refractivity contribution in [3.05, 3.63) is 0 Å². The van der Waals surface area contributed by atoms with Crippen LogP contribution < -0.4 is 21.5 Å². The SMILES string of the molecule is C1CCC(NN(NC2CCCC2)C2(NC3CCC3)CCCCCC2NC2CC2)CC1. The van der Waals surface area contributed by atoms with Crippen LogP contribution in [0.25, 0.3) is 0 Å². The molecular weight excluding hydrogens is 370 g/mol. The highest BCUT2D eigenvalue weighted by molar-refractivity contribution is 5.04. The average Bonchev–Trinajstić information content (AvgIpc) is 3.45. The first-order chi connectivity index (χ1) is 14.8. The molecule has 0 aromatic heterocycles. The van der Waals surface area contributed by atoms with Crippen LogP contribution in [-0.4, -0.2) is 41.0 Å². The molecule has 0 heterocycles. The summed E-state index contributed by atoms with van der Waals surface area (Å²) in [5.41, 5.74) is 8.22. The summed E-state index contributed by atoms with van der Waals surface area (Å²) in [4.78, 5) is 0. The quantitative estimate of drug-likeness (QED) is 0.253. The molecule has 5 fully saturated rings. The maximum atomic E-state index is 4.29. The van der Waals surface area contributed by atoms with Crippen molar-refractivity contribution < 1.29 is 0 Å². The highest BCUT2D eigenvalue weighted by Crippen LogP contribution is 2.36. The van der Waals surface area contributed by atoms with Gasteiger partial charge in [-0.2, -0.15) is 5.12 Å². The number of hydrogen-bond donors (Lipinski definition) is 4. The van der Waals surface area contributed by atoms with Crippen molar-refractivity contribution in [1.82, 2.24) is 26.6 Å². The lowest BCUT2D eigenvalue weighted by molar-refractivity contribution is -0.101. The van der Waals surface area contributed by atoms with Gasteiger partial charge in [0.2, 0.25) is 0 Å². The lowest BCUT2D eigenvalue weighted by atomic mass is 9.87. The minimum absolute atomic E-state index is 0.00418. The molecule has 0 aliphatic heterocycles. The van der Waals surface area contributed by atoms with E-state index in [9.17, 15) is 0 Å². The van der Waals surface area contributed by atoms with E-state index >= 15 is 0 Å². The molecule has 0 spiro atoms. The Kier molecular flexibility index (Phi) is 7.33. The standard InChI is InChI=1S/C25H47N5/c1-3-10-22(11-4-1)28-30(29-23-12-6-7-13-23)25(27-21-14-9-15-21)19-8-2-5-16-24(25)26-20-17-18-20/h20-24,26-29H,1-19H2. The Labute approximate surface area is 184 Å². The normalized spacial score (nSPS) is 34.9. The summed E-state index contributed by atoms with van der Waals surface area (Å²) in [5.74, 6) is 0. The van der Waals surface area contributed by atoms with Crippen LogP contribution >= 0.6 is 0 Å². The van der Waals surface area contributed by atoms with E-state index in [0.717, 1.165) is 6.04 Å². The Hall–Kier alpha value is -0.200. The van der Waals surface area contributed by atoms with Gasteiger partial charge >= 0.3 is 0 Å². The highest BCUT2D eigenvalue weighted by atomic mass is 15.8. The van der Waals surface area contributed by atoms with Gasteiger partial charge in [0.05, 0.1) is 0 Å². The average molecular weight is 418 g/mol. The molecule has 0 aromatic carbocycles. The number of hydrogen-bond acceptors (Lipinski definition) is 5. The van der Waals surface area contributed by atoms with Gasteiger partial charge in [-0.05, 0) is 64.2 Å². The molecule has 5 aliphatic carbocycles. The summed E-state index contributed by atoms with van der Waals surface area (Å²) in [6.07, 6.45) is 25.9. The molecule has 5 heteroatoms. The summed E-state index contributed by atoms with van der Waals surface area (Å²) >= 11 is 0. The van der Waals surface area contributed by atoms with E-state index < -0.39 is 0 Å². The fraction of sp³-hybridized carbons (Fsp3) is 1.00. The summed E-state index contributed by atoms with van der Waals surface area (Å²) in [5, 5.41) is 11.0. The summed E-state index contributed by atoms with van der Waals surface area (Å²) in [6.45, 7) is 0. The van der Waals surface area contributed by atoms with Crippen molar-refractivity contribution >= 4 is 0 Å². The van der Waals surface area contributed by atoms with E-state index in [1.54, 1.807) is 0 Å². The number of nitrogens with one attached hydrogen (secondary N) is 4. The molecule has 30 heavy (non-hydrogen) atoms.